The predicted molar refractivity (Wildman–Crippen MR) is 121 cm³/mol. The molecular weight excluding hydrogens is 390 g/mol. The molecule has 0 saturated carbocycles. The van der Waals surface area contributed by atoms with Crippen molar-refractivity contribution in [2.45, 2.75) is 38.6 Å². The summed E-state index contributed by atoms with van der Waals surface area (Å²) in [4.78, 5) is 31.0. The molecule has 2 heterocycles. The number of fused-ring (bicyclic) bond motifs is 2. The van der Waals surface area contributed by atoms with Crippen molar-refractivity contribution in [2.75, 3.05) is 19.7 Å². The second-order valence-electron chi connectivity index (χ2n) is 8.01. The van der Waals surface area contributed by atoms with Crippen LogP contribution >= 0.6 is 0 Å². The molecule has 1 aliphatic rings. The van der Waals surface area contributed by atoms with E-state index in [0.717, 1.165) is 29.3 Å². The van der Waals surface area contributed by atoms with E-state index in [-0.39, 0.29) is 18.6 Å². The van der Waals surface area contributed by atoms with Gasteiger partial charge >= 0.3 is 12.0 Å². The molecule has 1 aromatic heterocycles. The Balaban J connectivity index is 1.53. The Kier molecular flexibility index (Phi) is 6.26. The number of H-pyrrole nitrogens is 1. The lowest BCUT2D eigenvalue weighted by Gasteiger charge is -2.27. The summed E-state index contributed by atoms with van der Waals surface area (Å²) in [6.45, 7) is 5.25. The molecule has 2 amide bonds. The first-order chi connectivity index (χ1) is 15.1. The Morgan fingerprint density at radius 3 is 2.39 bits per heavy atom. The van der Waals surface area contributed by atoms with Gasteiger partial charge in [0, 0.05) is 36.1 Å². The van der Waals surface area contributed by atoms with Crippen molar-refractivity contribution in [1.82, 2.24) is 15.2 Å². The number of ether oxygens (including phenoxy) is 1. The minimum atomic E-state index is -0.766. The van der Waals surface area contributed by atoms with Crippen molar-refractivity contribution in [3.63, 3.8) is 0 Å². The molecule has 0 saturated heterocycles. The Hall–Kier alpha value is -3.28. The molecule has 0 spiro atoms. The largest absolute Gasteiger partial charge is 0.464 e. The van der Waals surface area contributed by atoms with Crippen molar-refractivity contribution in [3.05, 3.63) is 71.4 Å². The van der Waals surface area contributed by atoms with Crippen LogP contribution in [0.1, 0.15) is 36.5 Å². The maximum absolute atomic E-state index is 13.2. The summed E-state index contributed by atoms with van der Waals surface area (Å²) in [7, 11) is 0. The number of hydrogen-bond donors (Lipinski definition) is 2. The van der Waals surface area contributed by atoms with E-state index in [4.69, 9.17) is 4.74 Å². The fourth-order valence-electron chi connectivity index (χ4n) is 4.37. The number of aromatic nitrogens is 1. The average Bonchev–Trinajstić information content (AvgIpc) is 3.09. The predicted octanol–water partition coefficient (Wildman–Crippen LogP) is 4.01. The van der Waals surface area contributed by atoms with Crippen molar-refractivity contribution in [3.8, 4) is 0 Å². The maximum Gasteiger partial charge on any atom is 0.329 e. The van der Waals surface area contributed by atoms with Crippen molar-refractivity contribution < 1.29 is 14.3 Å². The molecule has 0 radical (unpaired) electrons. The van der Waals surface area contributed by atoms with Crippen LogP contribution in [0.3, 0.4) is 0 Å². The molecule has 3 aromatic rings. The number of hydrogen-bond acceptors (Lipinski definition) is 3. The number of esters is 1. The Morgan fingerprint density at radius 2 is 1.71 bits per heavy atom. The lowest BCUT2D eigenvalue weighted by Crippen LogP contribution is -2.51. The van der Waals surface area contributed by atoms with E-state index in [1.54, 1.807) is 11.8 Å². The molecule has 0 aliphatic carbocycles. The molecule has 0 bridgehead atoms. The molecule has 0 unspecified atom stereocenters. The zero-order valence-corrected chi connectivity index (χ0v) is 18.1. The number of rotatable bonds is 5. The maximum atomic E-state index is 13.2. The second-order valence-corrected chi connectivity index (χ2v) is 8.01. The highest BCUT2D eigenvalue weighted by molar-refractivity contribution is 5.88. The second kappa shape index (κ2) is 9.25. The number of carbonyl (C=O) groups is 2. The Morgan fingerprint density at radius 1 is 1.06 bits per heavy atom. The van der Waals surface area contributed by atoms with Gasteiger partial charge in [-0.15, -0.1) is 0 Å². The molecule has 0 fully saturated rings. The lowest BCUT2D eigenvalue weighted by molar-refractivity contribution is -0.145. The van der Waals surface area contributed by atoms with Gasteiger partial charge in [-0.25, -0.2) is 9.59 Å². The summed E-state index contributed by atoms with van der Waals surface area (Å²) in [5.41, 5.74) is 4.56. The molecule has 2 aromatic carbocycles. The van der Waals surface area contributed by atoms with Gasteiger partial charge in [0.15, 0.2) is 0 Å². The van der Waals surface area contributed by atoms with Crippen LogP contribution in [0.5, 0.6) is 0 Å². The molecule has 2 N–H and O–H groups in total. The van der Waals surface area contributed by atoms with E-state index < -0.39 is 12.0 Å². The Labute approximate surface area is 182 Å². The minimum absolute atomic E-state index is 0.224. The SMILES string of the molecule is CCOC(=O)[C@H](NC(=O)N1CCc2ccccc2CC1)[C@@H](C)c1c[nH]c2ccccc12. The standard InChI is InChI=1S/C25H29N3O3/c1-3-31-24(29)23(17(2)21-16-26-22-11-7-6-10-20(21)22)27-25(30)28-14-12-18-8-4-5-9-19(18)13-15-28/h4-11,16-17,23,26H,3,12-15H2,1-2H3,(H,27,30)/t17-,23+/m0/s1. The van der Waals surface area contributed by atoms with Crippen LogP contribution in [0.2, 0.25) is 0 Å². The molecule has 1 aliphatic heterocycles. The van der Waals surface area contributed by atoms with Crippen LogP contribution in [0.4, 0.5) is 4.79 Å². The van der Waals surface area contributed by atoms with Crippen LogP contribution in [-0.4, -0.2) is 47.6 Å². The van der Waals surface area contributed by atoms with E-state index in [2.05, 4.69) is 22.4 Å². The quantitative estimate of drug-likeness (QED) is 0.614. The van der Waals surface area contributed by atoms with Gasteiger partial charge in [-0.2, -0.15) is 0 Å². The first-order valence-corrected chi connectivity index (χ1v) is 10.9. The molecule has 6 heteroatoms. The average molecular weight is 420 g/mol. The third kappa shape index (κ3) is 4.43. The molecular formula is C25H29N3O3. The summed E-state index contributed by atoms with van der Waals surface area (Å²) >= 11 is 0. The lowest BCUT2D eigenvalue weighted by atomic mass is 9.93. The molecule has 4 rings (SSSR count). The fourth-order valence-corrected chi connectivity index (χ4v) is 4.37. The highest BCUT2D eigenvalue weighted by Gasteiger charge is 2.32. The number of aromatic amines is 1. The summed E-state index contributed by atoms with van der Waals surface area (Å²) in [5.74, 6) is -0.657. The van der Waals surface area contributed by atoms with Crippen LogP contribution in [0, 0.1) is 0 Å². The van der Waals surface area contributed by atoms with Crippen molar-refractivity contribution >= 4 is 22.9 Å². The van der Waals surface area contributed by atoms with Gasteiger partial charge < -0.3 is 19.9 Å². The summed E-state index contributed by atoms with van der Waals surface area (Å²) in [6, 6.07) is 15.3. The molecule has 162 valence electrons. The van der Waals surface area contributed by atoms with Crippen LogP contribution in [-0.2, 0) is 22.4 Å². The van der Waals surface area contributed by atoms with E-state index in [1.165, 1.54) is 11.1 Å². The molecule has 31 heavy (non-hydrogen) atoms. The summed E-state index contributed by atoms with van der Waals surface area (Å²) < 4.78 is 5.32. The smallest absolute Gasteiger partial charge is 0.329 e. The summed E-state index contributed by atoms with van der Waals surface area (Å²) in [6.07, 6.45) is 3.54. The zero-order valence-electron chi connectivity index (χ0n) is 18.1. The summed E-state index contributed by atoms with van der Waals surface area (Å²) in [5, 5.41) is 4.02. The number of nitrogens with one attached hydrogen (secondary N) is 2. The first-order valence-electron chi connectivity index (χ1n) is 10.9. The fraction of sp³-hybridized carbons (Fsp3) is 0.360. The third-order valence-electron chi connectivity index (χ3n) is 6.14. The van der Waals surface area contributed by atoms with Crippen molar-refractivity contribution in [1.29, 1.82) is 0 Å². The van der Waals surface area contributed by atoms with Gasteiger partial charge in [-0.1, -0.05) is 49.4 Å². The highest BCUT2D eigenvalue weighted by atomic mass is 16.5. The normalized spacial score (nSPS) is 15.6. The number of para-hydroxylation sites is 1. The number of nitrogens with zero attached hydrogens (tertiary/aromatic N) is 1. The minimum Gasteiger partial charge on any atom is -0.464 e. The van der Waals surface area contributed by atoms with Crippen LogP contribution in [0.15, 0.2) is 54.7 Å². The number of benzene rings is 2. The van der Waals surface area contributed by atoms with Crippen molar-refractivity contribution in [2.24, 2.45) is 0 Å². The van der Waals surface area contributed by atoms with E-state index >= 15 is 0 Å². The van der Waals surface area contributed by atoms with Gasteiger partial charge in [-0.05, 0) is 42.5 Å². The van der Waals surface area contributed by atoms with E-state index in [1.807, 2.05) is 49.5 Å². The monoisotopic (exact) mass is 419 g/mol. The van der Waals surface area contributed by atoms with Gasteiger partial charge in [0.05, 0.1) is 6.61 Å². The number of carbonyl (C=O) groups excluding carboxylic acids is 2. The molecule has 2 atom stereocenters. The third-order valence-corrected chi connectivity index (χ3v) is 6.14. The van der Waals surface area contributed by atoms with Gasteiger partial charge in [0.2, 0.25) is 0 Å². The van der Waals surface area contributed by atoms with Crippen LogP contribution in [0.25, 0.3) is 10.9 Å². The molecule has 6 nitrogen and oxygen atoms in total. The first kappa shape index (κ1) is 21.0. The number of urea groups is 1. The highest BCUT2D eigenvalue weighted by Crippen LogP contribution is 2.28. The zero-order chi connectivity index (χ0) is 21.8. The van der Waals surface area contributed by atoms with E-state index in [0.29, 0.717) is 13.1 Å². The van der Waals surface area contributed by atoms with Gasteiger partial charge in [-0.3, -0.25) is 0 Å². The van der Waals surface area contributed by atoms with Gasteiger partial charge in [0.1, 0.15) is 6.04 Å². The van der Waals surface area contributed by atoms with Crippen LogP contribution < -0.4 is 5.32 Å². The number of amides is 2. The topological polar surface area (TPSA) is 74.4 Å². The Bertz CT molecular complexity index is 1050. The van der Waals surface area contributed by atoms with E-state index in [9.17, 15) is 9.59 Å². The van der Waals surface area contributed by atoms with Gasteiger partial charge in [0.25, 0.3) is 0 Å².